The topological polar surface area (TPSA) is 87.7 Å². The van der Waals surface area contributed by atoms with Gasteiger partial charge in [-0.2, -0.15) is 0 Å². The molecule has 0 aliphatic carbocycles. The van der Waals surface area contributed by atoms with Gasteiger partial charge >= 0.3 is 0 Å². The molecule has 0 bridgehead atoms. The fraction of sp³-hybridized carbons (Fsp3) is 0.100. The number of carbonyl (C=O) groups is 2. The first-order chi connectivity index (χ1) is 12.9. The summed E-state index contributed by atoms with van der Waals surface area (Å²) in [4.78, 5) is 19.2. The Morgan fingerprint density at radius 3 is 1.85 bits per heavy atom. The number of para-hydroxylation sites is 1. The summed E-state index contributed by atoms with van der Waals surface area (Å²) in [5.74, 6) is 0.939. The molecule has 2 aromatic carbocycles. The van der Waals surface area contributed by atoms with E-state index in [1.165, 1.54) is 6.26 Å². The third kappa shape index (κ3) is 15.2. The fourth-order valence-electron chi connectivity index (χ4n) is 1.41. The molecule has 0 saturated carbocycles. The minimum atomic E-state index is -0.508. The molecule has 144 valence electrons. The lowest BCUT2D eigenvalue weighted by Crippen LogP contribution is -1.81. The van der Waals surface area contributed by atoms with Crippen LogP contribution in [0.5, 0.6) is 11.5 Å². The van der Waals surface area contributed by atoms with E-state index in [-0.39, 0.29) is 5.88 Å². The van der Waals surface area contributed by atoms with E-state index in [0.717, 1.165) is 5.56 Å². The highest BCUT2D eigenvalue weighted by atomic mass is 35.5. The summed E-state index contributed by atoms with van der Waals surface area (Å²) in [5, 5.41) is 16.9. The molecule has 0 atom stereocenters. The number of furan rings is 1. The van der Waals surface area contributed by atoms with Crippen molar-refractivity contribution in [3.8, 4) is 11.5 Å². The Kier molecular flexibility index (Phi) is 13.9. The van der Waals surface area contributed by atoms with E-state index in [1.807, 2.05) is 25.1 Å². The summed E-state index contributed by atoms with van der Waals surface area (Å²) < 4.78 is 4.61. The number of halogens is 2. The minimum absolute atomic E-state index is 0.0957. The Morgan fingerprint density at radius 1 is 1.00 bits per heavy atom. The monoisotopic (exact) mass is 410 g/mol. The zero-order valence-corrected chi connectivity index (χ0v) is 16.1. The Bertz CT molecular complexity index is 742. The number of benzene rings is 2. The largest absolute Gasteiger partial charge is 0.508 e. The van der Waals surface area contributed by atoms with Gasteiger partial charge in [0.05, 0.1) is 12.1 Å². The van der Waals surface area contributed by atoms with Gasteiger partial charge in [0.1, 0.15) is 11.5 Å². The first kappa shape index (κ1) is 24.2. The highest BCUT2D eigenvalue weighted by molar-refractivity contribution is 6.67. The minimum Gasteiger partial charge on any atom is -0.508 e. The summed E-state index contributed by atoms with van der Waals surface area (Å²) >= 11 is 9.55. The molecule has 0 amide bonds. The van der Waals surface area contributed by atoms with Crippen molar-refractivity contribution < 1.29 is 24.2 Å². The lowest BCUT2D eigenvalue weighted by Gasteiger charge is -1.89. The molecule has 0 radical (unpaired) electrons. The highest BCUT2D eigenvalue weighted by Crippen LogP contribution is 2.08. The van der Waals surface area contributed by atoms with Crippen molar-refractivity contribution in [3.63, 3.8) is 0 Å². The average Bonchev–Trinajstić information content (AvgIpc) is 3.17. The van der Waals surface area contributed by atoms with Crippen LogP contribution in [-0.2, 0) is 4.79 Å². The maximum Gasteiger partial charge on any atom is 0.236 e. The molecule has 2 N–H and O–H groups in total. The summed E-state index contributed by atoms with van der Waals surface area (Å²) in [6.45, 7) is 1.94. The van der Waals surface area contributed by atoms with Crippen LogP contribution < -0.4 is 0 Å². The molecule has 0 saturated heterocycles. The van der Waals surface area contributed by atoms with E-state index in [0.29, 0.717) is 23.5 Å². The standard InChI is InChI=1S/C7H8O.C6H6O.C5H4O2.C2H2Cl2O/c1-6-3-2-4-7(8)5-6;7-6-4-2-1-3-5-6;6-4-5-2-1-3-7-5;3-1-2(4)5/h2-5,8H,1H3;1-5,7H;1-4H;1H2. The van der Waals surface area contributed by atoms with Crippen molar-refractivity contribution in [2.24, 2.45) is 0 Å². The molecule has 3 aromatic rings. The summed E-state index contributed by atoms with van der Waals surface area (Å²) in [7, 11) is 0. The van der Waals surface area contributed by atoms with E-state index >= 15 is 0 Å². The second-order valence-corrected chi connectivity index (χ2v) is 5.49. The maximum atomic E-state index is 9.77. The second kappa shape index (κ2) is 15.5. The van der Waals surface area contributed by atoms with Crippen molar-refractivity contribution in [2.75, 3.05) is 5.88 Å². The van der Waals surface area contributed by atoms with Gasteiger partial charge in [-0.05, 0) is 60.5 Å². The number of phenolic OH excluding ortho intramolecular Hbond substituents is 2. The number of hydrogen-bond donors (Lipinski definition) is 2. The van der Waals surface area contributed by atoms with Crippen LogP contribution in [0, 0.1) is 6.92 Å². The first-order valence-electron chi connectivity index (χ1n) is 7.61. The Morgan fingerprint density at radius 2 is 1.59 bits per heavy atom. The lowest BCUT2D eigenvalue weighted by atomic mass is 10.2. The molecule has 27 heavy (non-hydrogen) atoms. The predicted octanol–water partition coefficient (Wildman–Crippen LogP) is 5.18. The van der Waals surface area contributed by atoms with Gasteiger partial charge in [0.25, 0.3) is 0 Å². The smallest absolute Gasteiger partial charge is 0.236 e. The molecule has 5 nitrogen and oxygen atoms in total. The number of phenols is 2. The van der Waals surface area contributed by atoms with Crippen LogP contribution in [0.3, 0.4) is 0 Å². The molecule has 0 aliphatic heterocycles. The summed E-state index contributed by atoms with van der Waals surface area (Å²) in [6.07, 6.45) is 2.13. The summed E-state index contributed by atoms with van der Waals surface area (Å²) in [5.41, 5.74) is 1.09. The van der Waals surface area contributed by atoms with Crippen molar-refractivity contribution in [1.29, 1.82) is 0 Å². The number of aldehydes is 1. The van der Waals surface area contributed by atoms with Gasteiger partial charge < -0.3 is 14.6 Å². The van der Waals surface area contributed by atoms with Gasteiger partial charge in [-0.25, -0.2) is 0 Å². The third-order valence-electron chi connectivity index (χ3n) is 2.52. The molecule has 0 spiro atoms. The SMILES string of the molecule is Cc1cccc(O)c1.O=C(Cl)CCl.O=Cc1ccco1.Oc1ccccc1. The molecule has 0 unspecified atom stereocenters. The molecule has 1 aromatic heterocycles. The molecule has 0 aliphatic rings. The van der Waals surface area contributed by atoms with E-state index in [9.17, 15) is 9.59 Å². The zero-order chi connectivity index (χ0) is 20.5. The van der Waals surface area contributed by atoms with Gasteiger partial charge in [-0.3, -0.25) is 9.59 Å². The predicted molar refractivity (Wildman–Crippen MR) is 107 cm³/mol. The fourth-order valence-corrected chi connectivity index (χ4v) is 1.41. The van der Waals surface area contributed by atoms with Crippen molar-refractivity contribution in [3.05, 3.63) is 84.3 Å². The molecular weight excluding hydrogens is 391 g/mol. The number of aryl methyl sites for hydroxylation is 1. The maximum absolute atomic E-state index is 9.77. The quantitative estimate of drug-likeness (QED) is 0.345. The number of carbonyl (C=O) groups excluding carboxylic acids is 2. The Hall–Kier alpha value is -2.76. The van der Waals surface area contributed by atoms with E-state index in [1.54, 1.807) is 48.5 Å². The third-order valence-corrected chi connectivity index (χ3v) is 3.04. The van der Waals surface area contributed by atoms with Crippen LogP contribution in [-0.4, -0.2) is 27.6 Å². The van der Waals surface area contributed by atoms with Crippen molar-refractivity contribution in [1.82, 2.24) is 0 Å². The molecule has 3 rings (SSSR count). The highest BCUT2D eigenvalue weighted by Gasteiger charge is 1.85. The number of rotatable bonds is 2. The number of aromatic hydroxyl groups is 2. The van der Waals surface area contributed by atoms with Gasteiger partial charge in [-0.1, -0.05) is 30.3 Å². The van der Waals surface area contributed by atoms with E-state index in [4.69, 9.17) is 33.4 Å². The van der Waals surface area contributed by atoms with Crippen LogP contribution in [0.1, 0.15) is 16.1 Å². The lowest BCUT2D eigenvalue weighted by molar-refractivity contribution is -0.109. The Balaban J connectivity index is 0.000000339. The van der Waals surface area contributed by atoms with Gasteiger partial charge in [-0.15, -0.1) is 11.6 Å². The molecule has 1 heterocycles. The van der Waals surface area contributed by atoms with Gasteiger partial charge in [0.15, 0.2) is 12.0 Å². The van der Waals surface area contributed by atoms with E-state index < -0.39 is 5.24 Å². The Labute approximate surface area is 167 Å². The van der Waals surface area contributed by atoms with Crippen LogP contribution in [0.2, 0.25) is 0 Å². The molecule has 7 heteroatoms. The number of alkyl halides is 1. The van der Waals surface area contributed by atoms with Crippen molar-refractivity contribution >= 4 is 34.7 Å². The zero-order valence-electron chi connectivity index (χ0n) is 14.6. The van der Waals surface area contributed by atoms with E-state index in [2.05, 4.69) is 4.42 Å². The molecular formula is C20H20Cl2O5. The van der Waals surface area contributed by atoms with Crippen LogP contribution in [0.15, 0.2) is 77.4 Å². The number of hydrogen-bond acceptors (Lipinski definition) is 5. The van der Waals surface area contributed by atoms with Crippen LogP contribution >= 0.6 is 23.2 Å². The van der Waals surface area contributed by atoms with Crippen molar-refractivity contribution in [2.45, 2.75) is 6.92 Å². The van der Waals surface area contributed by atoms with Crippen LogP contribution in [0.4, 0.5) is 0 Å². The summed E-state index contributed by atoms with van der Waals surface area (Å²) in [6, 6.07) is 19.1. The second-order valence-electron chi connectivity index (χ2n) is 4.80. The molecule has 0 fully saturated rings. The average molecular weight is 411 g/mol. The normalized spacial score (nSPS) is 8.56. The first-order valence-corrected chi connectivity index (χ1v) is 8.53. The van der Waals surface area contributed by atoms with Gasteiger partial charge in [0, 0.05) is 0 Å². The van der Waals surface area contributed by atoms with Crippen LogP contribution in [0.25, 0.3) is 0 Å². The van der Waals surface area contributed by atoms with Gasteiger partial charge in [0.2, 0.25) is 5.24 Å².